The molecule has 4 nitrogen and oxygen atoms in total. The predicted molar refractivity (Wildman–Crippen MR) is 122 cm³/mol. The van der Waals surface area contributed by atoms with Crippen LogP contribution in [0.15, 0.2) is 30.3 Å². The lowest BCUT2D eigenvalue weighted by Gasteiger charge is -2.18. The van der Waals surface area contributed by atoms with Crippen molar-refractivity contribution in [1.29, 1.82) is 0 Å². The first-order chi connectivity index (χ1) is 14.0. The molecule has 0 aromatic heterocycles. The van der Waals surface area contributed by atoms with E-state index in [1.807, 2.05) is 44.2 Å². The molecule has 0 aliphatic rings. The average Bonchev–Trinajstić information content (AvgIpc) is 2.70. The minimum absolute atomic E-state index is 0.0771. The Morgan fingerprint density at radius 1 is 0.828 bits per heavy atom. The van der Waals surface area contributed by atoms with E-state index in [1.165, 1.54) is 0 Å². The lowest BCUT2D eigenvalue weighted by Crippen LogP contribution is -2.14. The highest BCUT2D eigenvalue weighted by Gasteiger charge is 2.21. The number of carbonyl (C=O) groups is 1. The Balaban J connectivity index is 2.46. The summed E-state index contributed by atoms with van der Waals surface area (Å²) in [7, 11) is -0.0771. The number of carbonyl (C=O) groups excluding carboxylic acids is 1. The minimum Gasteiger partial charge on any atom is -0.493 e. The van der Waals surface area contributed by atoms with E-state index in [9.17, 15) is 4.79 Å². The van der Waals surface area contributed by atoms with Crippen molar-refractivity contribution in [3.63, 3.8) is 0 Å². The van der Waals surface area contributed by atoms with E-state index in [0.717, 1.165) is 47.0 Å². The summed E-state index contributed by atoms with van der Waals surface area (Å²) in [5, 5.41) is 0.823. The van der Waals surface area contributed by atoms with Gasteiger partial charge in [-0.05, 0) is 52.8 Å². The molecule has 0 saturated heterocycles. The first-order valence-electron chi connectivity index (χ1n) is 10.5. The van der Waals surface area contributed by atoms with Crippen LogP contribution in [-0.4, -0.2) is 25.3 Å². The molecule has 2 rings (SSSR count). The number of aryl methyl sites for hydroxylation is 2. The Kier molecular flexibility index (Phi) is 9.47. The van der Waals surface area contributed by atoms with E-state index in [0.29, 0.717) is 31.3 Å². The maximum Gasteiger partial charge on any atom is 0.186 e. The molecule has 0 heterocycles. The van der Waals surface area contributed by atoms with Crippen LogP contribution < -0.4 is 19.5 Å². The third-order valence-electron chi connectivity index (χ3n) is 4.38. The van der Waals surface area contributed by atoms with Crippen molar-refractivity contribution in [3.8, 4) is 17.2 Å². The lowest BCUT2D eigenvalue weighted by atomic mass is 10.0. The standard InChI is InChI=1S/C24H33O4P/c1-6-12-26-19-15-20(27-13-7-2)23(21(16-19)28-14-8-3)29-24(25)22-17(4)10-9-11-18(22)5/h9-11,15-16,29H,6-8,12-14H2,1-5H3. The van der Waals surface area contributed by atoms with Crippen LogP contribution in [0, 0.1) is 13.8 Å². The maximum absolute atomic E-state index is 13.2. The van der Waals surface area contributed by atoms with Gasteiger partial charge in [0.2, 0.25) is 0 Å². The molecule has 0 aliphatic heterocycles. The first kappa shape index (κ1) is 23.2. The molecule has 0 aliphatic carbocycles. The summed E-state index contributed by atoms with van der Waals surface area (Å²) in [5.41, 5.74) is 2.89. The van der Waals surface area contributed by atoms with Crippen molar-refractivity contribution in [2.75, 3.05) is 19.8 Å². The summed E-state index contributed by atoms with van der Waals surface area (Å²) < 4.78 is 17.9. The molecular formula is C24H33O4P. The molecule has 0 bridgehead atoms. The van der Waals surface area contributed by atoms with Crippen molar-refractivity contribution >= 4 is 19.4 Å². The Morgan fingerprint density at radius 2 is 1.31 bits per heavy atom. The van der Waals surface area contributed by atoms with Gasteiger partial charge in [0.25, 0.3) is 0 Å². The number of benzene rings is 2. The van der Waals surface area contributed by atoms with Gasteiger partial charge in [0.05, 0.1) is 25.1 Å². The fourth-order valence-corrected chi connectivity index (χ4v) is 4.27. The van der Waals surface area contributed by atoms with Crippen molar-refractivity contribution in [2.45, 2.75) is 53.9 Å². The molecule has 2 aromatic rings. The SMILES string of the molecule is CCCOc1cc(OCCC)c(PC(=O)c2c(C)cccc2C)c(OCCC)c1. The smallest absolute Gasteiger partial charge is 0.186 e. The molecule has 0 N–H and O–H groups in total. The highest BCUT2D eigenvalue weighted by Crippen LogP contribution is 2.35. The van der Waals surface area contributed by atoms with Crippen molar-refractivity contribution in [3.05, 3.63) is 47.0 Å². The summed E-state index contributed by atoms with van der Waals surface area (Å²) in [6.45, 7) is 12.0. The van der Waals surface area contributed by atoms with E-state index in [4.69, 9.17) is 14.2 Å². The highest BCUT2D eigenvalue weighted by atomic mass is 31.1. The van der Waals surface area contributed by atoms with Gasteiger partial charge in [-0.3, -0.25) is 4.79 Å². The van der Waals surface area contributed by atoms with E-state index >= 15 is 0 Å². The normalized spacial score (nSPS) is 11.1. The fraction of sp³-hybridized carbons (Fsp3) is 0.458. The number of rotatable bonds is 12. The zero-order valence-corrected chi connectivity index (χ0v) is 19.3. The van der Waals surface area contributed by atoms with Crippen LogP contribution in [0.4, 0.5) is 0 Å². The third kappa shape index (κ3) is 6.47. The summed E-state index contributed by atoms with van der Waals surface area (Å²) in [6, 6.07) is 9.73. The molecule has 158 valence electrons. The molecule has 0 amide bonds. The summed E-state index contributed by atoms with van der Waals surface area (Å²) in [5.74, 6) is 2.09. The van der Waals surface area contributed by atoms with Gasteiger partial charge in [-0.25, -0.2) is 0 Å². The van der Waals surface area contributed by atoms with Crippen LogP contribution in [0.3, 0.4) is 0 Å². The third-order valence-corrected chi connectivity index (χ3v) is 5.60. The van der Waals surface area contributed by atoms with Crippen LogP contribution in [0.1, 0.15) is 61.5 Å². The average molecular weight is 416 g/mol. The monoisotopic (exact) mass is 416 g/mol. The molecule has 1 unspecified atom stereocenters. The van der Waals surface area contributed by atoms with E-state index in [1.54, 1.807) is 0 Å². The van der Waals surface area contributed by atoms with Gasteiger partial charge in [0, 0.05) is 17.7 Å². The Labute approximate surface area is 176 Å². The number of ether oxygens (including phenoxy) is 3. The predicted octanol–water partition coefficient (Wildman–Crippen LogP) is 5.81. The van der Waals surface area contributed by atoms with Gasteiger partial charge in [-0.2, -0.15) is 0 Å². The number of hydrogen-bond donors (Lipinski definition) is 0. The topological polar surface area (TPSA) is 44.8 Å². The van der Waals surface area contributed by atoms with Crippen LogP contribution in [0.25, 0.3) is 0 Å². The zero-order valence-electron chi connectivity index (χ0n) is 18.3. The summed E-state index contributed by atoms with van der Waals surface area (Å²) in [4.78, 5) is 13.2. The van der Waals surface area contributed by atoms with Gasteiger partial charge >= 0.3 is 0 Å². The van der Waals surface area contributed by atoms with Gasteiger partial charge in [-0.15, -0.1) is 0 Å². The lowest BCUT2D eigenvalue weighted by molar-refractivity contribution is 0.108. The van der Waals surface area contributed by atoms with Gasteiger partial charge < -0.3 is 14.2 Å². The second kappa shape index (κ2) is 11.8. The molecule has 5 heteroatoms. The highest BCUT2D eigenvalue weighted by molar-refractivity contribution is 7.66. The second-order valence-corrected chi connectivity index (χ2v) is 8.26. The second-order valence-electron chi connectivity index (χ2n) is 7.06. The largest absolute Gasteiger partial charge is 0.493 e. The van der Waals surface area contributed by atoms with Crippen LogP contribution in [-0.2, 0) is 0 Å². The van der Waals surface area contributed by atoms with Crippen LogP contribution in [0.2, 0.25) is 0 Å². The Bertz CT molecular complexity index is 767. The molecule has 0 saturated carbocycles. The summed E-state index contributed by atoms with van der Waals surface area (Å²) >= 11 is 0. The van der Waals surface area contributed by atoms with E-state index < -0.39 is 0 Å². The van der Waals surface area contributed by atoms with Gasteiger partial charge in [0.15, 0.2) is 5.52 Å². The molecule has 1 atom stereocenters. The fourth-order valence-electron chi connectivity index (χ4n) is 2.99. The Morgan fingerprint density at radius 3 is 1.79 bits per heavy atom. The van der Waals surface area contributed by atoms with Crippen LogP contribution in [0.5, 0.6) is 17.2 Å². The molecule has 0 radical (unpaired) electrons. The minimum atomic E-state index is -0.0771. The van der Waals surface area contributed by atoms with Crippen molar-refractivity contribution < 1.29 is 19.0 Å². The van der Waals surface area contributed by atoms with E-state index in [-0.39, 0.29) is 14.1 Å². The summed E-state index contributed by atoms with van der Waals surface area (Å²) in [6.07, 6.45) is 2.70. The van der Waals surface area contributed by atoms with Crippen LogP contribution >= 0.6 is 8.58 Å². The molecule has 0 spiro atoms. The first-order valence-corrected chi connectivity index (χ1v) is 11.5. The molecule has 2 aromatic carbocycles. The molecule has 29 heavy (non-hydrogen) atoms. The molecular weight excluding hydrogens is 383 g/mol. The zero-order chi connectivity index (χ0) is 21.2. The van der Waals surface area contributed by atoms with Gasteiger partial charge in [-0.1, -0.05) is 39.0 Å². The Hall–Kier alpha value is -2.06. The van der Waals surface area contributed by atoms with E-state index in [2.05, 4.69) is 20.8 Å². The molecule has 0 fully saturated rings. The van der Waals surface area contributed by atoms with Gasteiger partial charge in [0.1, 0.15) is 17.2 Å². The van der Waals surface area contributed by atoms with Crippen molar-refractivity contribution in [2.24, 2.45) is 0 Å². The maximum atomic E-state index is 13.2. The quantitative estimate of drug-likeness (QED) is 0.409. The number of hydrogen-bond acceptors (Lipinski definition) is 4. The van der Waals surface area contributed by atoms with Crippen molar-refractivity contribution in [1.82, 2.24) is 0 Å².